The molecule has 3 aromatic rings. The Balaban J connectivity index is 1.36. The Morgan fingerprint density at radius 1 is 1.07 bits per heavy atom. The van der Waals surface area contributed by atoms with Crippen LogP contribution in [-0.4, -0.2) is 33.4 Å². The summed E-state index contributed by atoms with van der Waals surface area (Å²) in [6, 6.07) is 20.6. The van der Waals surface area contributed by atoms with Gasteiger partial charge in [-0.15, -0.1) is 0 Å². The van der Waals surface area contributed by atoms with Crippen LogP contribution in [0.25, 0.3) is 11.4 Å². The minimum atomic E-state index is 0.275. The average Bonchev–Trinajstić information content (AvgIpc) is 3.35. The number of hydrogen-bond acceptors (Lipinski definition) is 2. The van der Waals surface area contributed by atoms with Crippen LogP contribution < -0.4 is 0 Å². The number of imidazole rings is 1. The first-order valence-corrected chi connectivity index (χ1v) is 10.1. The molecule has 0 bridgehead atoms. The predicted molar refractivity (Wildman–Crippen MR) is 112 cm³/mol. The van der Waals surface area contributed by atoms with Crippen molar-refractivity contribution in [2.45, 2.75) is 32.7 Å². The lowest BCUT2D eigenvalue weighted by Crippen LogP contribution is -2.29. The molecule has 28 heavy (non-hydrogen) atoms. The molecule has 0 radical (unpaired) electrons. The van der Waals surface area contributed by atoms with Crippen molar-refractivity contribution in [1.82, 2.24) is 14.5 Å². The van der Waals surface area contributed by atoms with E-state index in [1.54, 1.807) is 0 Å². The lowest BCUT2D eigenvalue weighted by molar-refractivity contribution is -0.130. The van der Waals surface area contributed by atoms with Crippen LogP contribution in [0.2, 0.25) is 0 Å². The fraction of sp³-hybridized carbons (Fsp3) is 0.333. The molecule has 1 atom stereocenters. The maximum Gasteiger partial charge on any atom is 0.222 e. The molecule has 2 heterocycles. The van der Waals surface area contributed by atoms with Gasteiger partial charge in [-0.25, -0.2) is 4.98 Å². The van der Waals surface area contributed by atoms with Crippen LogP contribution in [0.5, 0.6) is 0 Å². The monoisotopic (exact) mass is 373 g/mol. The Kier molecular flexibility index (Phi) is 5.56. The summed E-state index contributed by atoms with van der Waals surface area (Å²) >= 11 is 0. The van der Waals surface area contributed by atoms with Gasteiger partial charge >= 0.3 is 0 Å². The van der Waals surface area contributed by atoms with Crippen LogP contribution in [0.4, 0.5) is 0 Å². The summed E-state index contributed by atoms with van der Waals surface area (Å²) in [5.74, 6) is 1.78. The maximum absolute atomic E-state index is 12.6. The number of benzene rings is 2. The van der Waals surface area contributed by atoms with Crippen LogP contribution in [0, 0.1) is 12.8 Å². The van der Waals surface area contributed by atoms with E-state index in [2.05, 4.69) is 40.7 Å². The molecule has 144 valence electrons. The molecule has 1 unspecified atom stereocenters. The Hall–Kier alpha value is -2.88. The molecule has 1 aliphatic heterocycles. The number of carbonyl (C=O) groups excluding carboxylic acids is 1. The molecule has 0 N–H and O–H groups in total. The standard InChI is InChI=1S/C24H27N3O/c1-19-16-25-24(22-10-6-3-7-11-22)27(19)18-21-14-15-26(17-21)23(28)13-12-20-8-4-2-5-9-20/h2-11,16,21H,12-15,17-18H2,1H3. The zero-order chi connectivity index (χ0) is 19.3. The molecule has 1 saturated heterocycles. The minimum Gasteiger partial charge on any atom is -0.342 e. The van der Waals surface area contributed by atoms with Crippen molar-refractivity contribution in [3.8, 4) is 11.4 Å². The van der Waals surface area contributed by atoms with Crippen molar-refractivity contribution in [2.75, 3.05) is 13.1 Å². The fourth-order valence-electron chi connectivity index (χ4n) is 4.03. The molecular formula is C24H27N3O. The summed E-state index contributed by atoms with van der Waals surface area (Å²) < 4.78 is 2.30. The third-order valence-electron chi connectivity index (χ3n) is 5.64. The van der Waals surface area contributed by atoms with Gasteiger partial charge in [0.05, 0.1) is 0 Å². The van der Waals surface area contributed by atoms with Crippen molar-refractivity contribution >= 4 is 5.91 Å². The van der Waals surface area contributed by atoms with Gasteiger partial charge in [0.15, 0.2) is 0 Å². The van der Waals surface area contributed by atoms with Gasteiger partial charge in [-0.3, -0.25) is 4.79 Å². The number of aryl methyl sites for hydroxylation is 2. The predicted octanol–water partition coefficient (Wildman–Crippen LogP) is 4.34. The fourth-order valence-corrected chi connectivity index (χ4v) is 4.03. The average molecular weight is 374 g/mol. The number of carbonyl (C=O) groups is 1. The topological polar surface area (TPSA) is 38.1 Å². The maximum atomic E-state index is 12.6. The van der Waals surface area contributed by atoms with Crippen molar-refractivity contribution in [3.63, 3.8) is 0 Å². The van der Waals surface area contributed by atoms with Crippen LogP contribution >= 0.6 is 0 Å². The Bertz CT molecular complexity index is 918. The van der Waals surface area contributed by atoms with Crippen molar-refractivity contribution in [1.29, 1.82) is 0 Å². The lowest BCUT2D eigenvalue weighted by atomic mass is 10.1. The molecule has 1 aliphatic rings. The van der Waals surface area contributed by atoms with E-state index in [-0.39, 0.29) is 5.91 Å². The number of amides is 1. The van der Waals surface area contributed by atoms with E-state index in [0.717, 1.165) is 43.9 Å². The van der Waals surface area contributed by atoms with Gasteiger partial charge in [-0.1, -0.05) is 60.7 Å². The normalized spacial score (nSPS) is 16.5. The molecule has 2 aromatic carbocycles. The Morgan fingerprint density at radius 3 is 2.54 bits per heavy atom. The lowest BCUT2D eigenvalue weighted by Gasteiger charge is -2.18. The third kappa shape index (κ3) is 4.16. The molecule has 1 aromatic heterocycles. The smallest absolute Gasteiger partial charge is 0.222 e. The molecule has 0 aliphatic carbocycles. The van der Waals surface area contributed by atoms with Gasteiger partial charge in [0.2, 0.25) is 5.91 Å². The van der Waals surface area contributed by atoms with E-state index in [0.29, 0.717) is 12.3 Å². The number of rotatable bonds is 6. The van der Waals surface area contributed by atoms with E-state index in [4.69, 9.17) is 0 Å². The molecule has 1 amide bonds. The second-order valence-electron chi connectivity index (χ2n) is 7.68. The third-order valence-corrected chi connectivity index (χ3v) is 5.64. The molecule has 1 fully saturated rings. The minimum absolute atomic E-state index is 0.275. The van der Waals surface area contributed by atoms with Crippen LogP contribution in [0.15, 0.2) is 66.9 Å². The number of hydrogen-bond donors (Lipinski definition) is 0. The largest absolute Gasteiger partial charge is 0.342 e. The van der Waals surface area contributed by atoms with Crippen LogP contribution in [0.1, 0.15) is 24.1 Å². The summed E-state index contributed by atoms with van der Waals surface area (Å²) in [6.07, 6.45) is 4.42. The van der Waals surface area contributed by atoms with Crippen LogP contribution in [-0.2, 0) is 17.8 Å². The highest BCUT2D eigenvalue weighted by atomic mass is 16.2. The Morgan fingerprint density at radius 2 is 1.79 bits per heavy atom. The molecule has 0 saturated carbocycles. The quantitative estimate of drug-likeness (QED) is 0.645. The molecule has 4 rings (SSSR count). The summed E-state index contributed by atoms with van der Waals surface area (Å²) in [7, 11) is 0. The first-order valence-electron chi connectivity index (χ1n) is 10.1. The van der Waals surface area contributed by atoms with Crippen molar-refractivity contribution in [3.05, 3.63) is 78.1 Å². The molecule has 4 heteroatoms. The van der Waals surface area contributed by atoms with Crippen LogP contribution in [0.3, 0.4) is 0 Å². The highest BCUT2D eigenvalue weighted by Crippen LogP contribution is 2.25. The first-order chi connectivity index (χ1) is 13.7. The molecular weight excluding hydrogens is 346 g/mol. The van der Waals surface area contributed by atoms with Gasteiger partial charge < -0.3 is 9.47 Å². The second-order valence-corrected chi connectivity index (χ2v) is 7.68. The number of aromatic nitrogens is 2. The molecule has 4 nitrogen and oxygen atoms in total. The van der Waals surface area contributed by atoms with Crippen molar-refractivity contribution < 1.29 is 4.79 Å². The van der Waals surface area contributed by atoms with Gasteiger partial charge in [-0.2, -0.15) is 0 Å². The van der Waals surface area contributed by atoms with Gasteiger partial charge in [0.1, 0.15) is 5.82 Å². The SMILES string of the molecule is Cc1cnc(-c2ccccc2)n1CC1CCN(C(=O)CCc2ccccc2)C1. The Labute approximate surface area is 166 Å². The van der Waals surface area contributed by atoms with E-state index in [9.17, 15) is 4.79 Å². The van der Waals surface area contributed by atoms with Gasteiger partial charge in [0.25, 0.3) is 0 Å². The summed E-state index contributed by atoms with van der Waals surface area (Å²) in [5.41, 5.74) is 3.55. The van der Waals surface area contributed by atoms with E-state index in [1.807, 2.05) is 47.5 Å². The zero-order valence-electron chi connectivity index (χ0n) is 16.4. The summed E-state index contributed by atoms with van der Waals surface area (Å²) in [4.78, 5) is 19.3. The van der Waals surface area contributed by atoms with Gasteiger partial charge in [0, 0.05) is 43.5 Å². The van der Waals surface area contributed by atoms with Crippen molar-refractivity contribution in [2.24, 2.45) is 5.92 Å². The zero-order valence-corrected chi connectivity index (χ0v) is 16.4. The first kappa shape index (κ1) is 18.5. The number of nitrogens with zero attached hydrogens (tertiary/aromatic N) is 3. The second kappa shape index (κ2) is 8.42. The highest BCUT2D eigenvalue weighted by Gasteiger charge is 2.27. The number of likely N-dealkylation sites (tertiary alicyclic amines) is 1. The highest BCUT2D eigenvalue weighted by molar-refractivity contribution is 5.76. The summed E-state index contributed by atoms with van der Waals surface area (Å²) in [5, 5.41) is 0. The van der Waals surface area contributed by atoms with E-state index < -0.39 is 0 Å². The molecule has 0 spiro atoms. The van der Waals surface area contributed by atoms with Gasteiger partial charge in [-0.05, 0) is 31.2 Å². The van der Waals surface area contributed by atoms with E-state index >= 15 is 0 Å². The van der Waals surface area contributed by atoms with E-state index in [1.165, 1.54) is 11.3 Å². The summed E-state index contributed by atoms with van der Waals surface area (Å²) in [6.45, 7) is 4.74.